The second-order valence-corrected chi connectivity index (χ2v) is 4.47. The summed E-state index contributed by atoms with van der Waals surface area (Å²) in [6, 6.07) is 1.31. The van der Waals surface area contributed by atoms with Crippen LogP contribution in [0.5, 0.6) is 0 Å². The van der Waals surface area contributed by atoms with Crippen LogP contribution in [0.2, 0.25) is 0 Å². The topological polar surface area (TPSA) is 75.4 Å². The molecule has 1 saturated carbocycles. The fraction of sp³-hybridized carbons (Fsp3) is 0.455. The van der Waals surface area contributed by atoms with Gasteiger partial charge in [0.15, 0.2) is 0 Å². The number of anilines is 1. The van der Waals surface area contributed by atoms with E-state index in [2.05, 4.69) is 5.32 Å². The van der Waals surface area contributed by atoms with Crippen molar-refractivity contribution in [2.24, 2.45) is 0 Å². The molecule has 0 radical (unpaired) electrons. The predicted molar refractivity (Wildman–Crippen MR) is 60.3 cm³/mol. The van der Waals surface area contributed by atoms with Gasteiger partial charge in [-0.2, -0.15) is 4.39 Å². The molecule has 0 spiro atoms. The first-order chi connectivity index (χ1) is 8.41. The van der Waals surface area contributed by atoms with Gasteiger partial charge in [-0.25, -0.2) is 4.39 Å². The van der Waals surface area contributed by atoms with Gasteiger partial charge >= 0.3 is 5.69 Å². The lowest BCUT2D eigenvalue weighted by Gasteiger charge is -2.36. The van der Waals surface area contributed by atoms with E-state index in [0.29, 0.717) is 18.9 Å². The minimum atomic E-state index is -1.23. The van der Waals surface area contributed by atoms with E-state index in [9.17, 15) is 24.0 Å². The van der Waals surface area contributed by atoms with Crippen molar-refractivity contribution in [3.05, 3.63) is 33.9 Å². The monoisotopic (exact) mass is 258 g/mol. The molecule has 5 nitrogen and oxygen atoms in total. The molecule has 2 N–H and O–H groups in total. The van der Waals surface area contributed by atoms with E-state index in [4.69, 9.17) is 0 Å². The average molecular weight is 258 g/mol. The van der Waals surface area contributed by atoms with Crippen molar-refractivity contribution < 1.29 is 18.8 Å². The van der Waals surface area contributed by atoms with Crippen molar-refractivity contribution in [1.82, 2.24) is 0 Å². The Kier molecular flexibility index (Phi) is 3.16. The normalized spacial score (nSPS) is 17.1. The predicted octanol–water partition coefficient (Wildman–Crippen LogP) is 2.20. The first-order valence-corrected chi connectivity index (χ1v) is 5.51. The van der Waals surface area contributed by atoms with Crippen LogP contribution in [0.1, 0.15) is 19.3 Å². The molecule has 18 heavy (non-hydrogen) atoms. The molecule has 7 heteroatoms. The van der Waals surface area contributed by atoms with Gasteiger partial charge in [-0.1, -0.05) is 0 Å². The Labute approximate surface area is 102 Å². The first kappa shape index (κ1) is 12.7. The smallest absolute Gasteiger partial charge is 0.327 e. The van der Waals surface area contributed by atoms with Crippen molar-refractivity contribution in [1.29, 1.82) is 0 Å². The van der Waals surface area contributed by atoms with Crippen LogP contribution >= 0.6 is 0 Å². The minimum absolute atomic E-state index is 0.0384. The summed E-state index contributed by atoms with van der Waals surface area (Å²) in [5, 5.41) is 23.1. The van der Waals surface area contributed by atoms with Crippen LogP contribution in [-0.4, -0.2) is 22.2 Å². The summed E-state index contributed by atoms with van der Waals surface area (Å²) < 4.78 is 26.3. The molecule has 1 aliphatic rings. The Hall–Kier alpha value is -1.76. The molecule has 0 heterocycles. The van der Waals surface area contributed by atoms with Crippen molar-refractivity contribution in [3.63, 3.8) is 0 Å². The second kappa shape index (κ2) is 4.49. The average Bonchev–Trinajstić information content (AvgIpc) is 2.22. The van der Waals surface area contributed by atoms with Crippen LogP contribution in [0.4, 0.5) is 20.2 Å². The summed E-state index contributed by atoms with van der Waals surface area (Å²) in [4.78, 5) is 9.79. The van der Waals surface area contributed by atoms with Crippen molar-refractivity contribution in [3.8, 4) is 0 Å². The number of rotatable bonds is 4. The summed E-state index contributed by atoms with van der Waals surface area (Å²) in [6.07, 6.45) is 2.02. The van der Waals surface area contributed by atoms with Gasteiger partial charge in [0, 0.05) is 18.7 Å². The number of nitro benzene ring substituents is 1. The van der Waals surface area contributed by atoms with Gasteiger partial charge in [0.25, 0.3) is 0 Å². The summed E-state index contributed by atoms with van der Waals surface area (Å²) in [6.45, 7) is 0.0384. The molecule has 1 aromatic carbocycles. The third-order valence-corrected chi connectivity index (χ3v) is 3.10. The van der Waals surface area contributed by atoms with E-state index in [1.54, 1.807) is 0 Å². The Balaban J connectivity index is 2.22. The number of nitrogens with zero attached hydrogens (tertiary/aromatic N) is 1. The maximum Gasteiger partial charge on any atom is 0.327 e. The van der Waals surface area contributed by atoms with E-state index in [0.717, 1.165) is 12.5 Å². The Morgan fingerprint density at radius 3 is 2.61 bits per heavy atom. The number of aliphatic hydroxyl groups is 1. The Morgan fingerprint density at radius 2 is 2.11 bits per heavy atom. The molecule has 0 amide bonds. The molecular weight excluding hydrogens is 246 g/mol. The van der Waals surface area contributed by atoms with Gasteiger partial charge in [-0.3, -0.25) is 10.1 Å². The lowest BCUT2D eigenvalue weighted by atomic mass is 9.80. The molecule has 0 saturated heterocycles. The van der Waals surface area contributed by atoms with E-state index in [-0.39, 0.29) is 12.2 Å². The van der Waals surface area contributed by atoms with E-state index in [1.807, 2.05) is 0 Å². The number of nitrogens with one attached hydrogen (secondary N) is 1. The van der Waals surface area contributed by atoms with Crippen LogP contribution in [0.15, 0.2) is 12.1 Å². The zero-order chi connectivity index (χ0) is 13.3. The molecule has 0 aromatic heterocycles. The van der Waals surface area contributed by atoms with Crippen molar-refractivity contribution in [2.75, 3.05) is 11.9 Å². The molecule has 0 unspecified atom stereocenters. The second-order valence-electron chi connectivity index (χ2n) is 4.47. The van der Waals surface area contributed by atoms with E-state index >= 15 is 0 Å². The molecule has 1 aliphatic carbocycles. The fourth-order valence-corrected chi connectivity index (χ4v) is 1.91. The Morgan fingerprint density at radius 1 is 1.44 bits per heavy atom. The largest absolute Gasteiger partial charge is 0.388 e. The highest BCUT2D eigenvalue weighted by Crippen LogP contribution is 2.34. The quantitative estimate of drug-likeness (QED) is 0.641. The molecule has 0 atom stereocenters. The summed E-state index contributed by atoms with van der Waals surface area (Å²) in [7, 11) is 0. The lowest BCUT2D eigenvalue weighted by Crippen LogP contribution is -2.43. The standard InChI is InChI=1S/C11H12F2N2O3/c12-7-4-8(13)10(15(17)18)9(5-7)14-6-11(16)2-1-3-11/h4-5,14,16H,1-3,6H2. The van der Waals surface area contributed by atoms with Gasteiger partial charge < -0.3 is 10.4 Å². The van der Waals surface area contributed by atoms with Crippen LogP contribution in [0.25, 0.3) is 0 Å². The van der Waals surface area contributed by atoms with Gasteiger partial charge in [-0.05, 0) is 19.3 Å². The number of benzene rings is 1. The van der Waals surface area contributed by atoms with Crippen LogP contribution in [-0.2, 0) is 0 Å². The first-order valence-electron chi connectivity index (χ1n) is 5.51. The van der Waals surface area contributed by atoms with Crippen LogP contribution in [0, 0.1) is 21.7 Å². The van der Waals surface area contributed by atoms with Gasteiger partial charge in [-0.15, -0.1) is 0 Å². The third-order valence-electron chi connectivity index (χ3n) is 3.10. The fourth-order valence-electron chi connectivity index (χ4n) is 1.91. The minimum Gasteiger partial charge on any atom is -0.388 e. The molecule has 1 aromatic rings. The number of hydrogen-bond donors (Lipinski definition) is 2. The van der Waals surface area contributed by atoms with Gasteiger partial charge in [0.05, 0.1) is 10.5 Å². The summed E-state index contributed by atoms with van der Waals surface area (Å²) in [5.74, 6) is -2.13. The number of hydrogen-bond acceptors (Lipinski definition) is 4. The summed E-state index contributed by atoms with van der Waals surface area (Å²) in [5.41, 5.74) is -1.99. The zero-order valence-electron chi connectivity index (χ0n) is 9.45. The highest BCUT2D eigenvalue weighted by Gasteiger charge is 2.35. The maximum absolute atomic E-state index is 13.3. The van der Waals surface area contributed by atoms with E-state index < -0.39 is 27.8 Å². The molecule has 2 rings (SSSR count). The maximum atomic E-state index is 13.3. The zero-order valence-corrected chi connectivity index (χ0v) is 9.45. The molecule has 1 fully saturated rings. The molecule has 0 aliphatic heterocycles. The van der Waals surface area contributed by atoms with Gasteiger partial charge in [0.1, 0.15) is 11.5 Å². The van der Waals surface area contributed by atoms with E-state index in [1.165, 1.54) is 0 Å². The number of halogens is 2. The summed E-state index contributed by atoms with van der Waals surface area (Å²) >= 11 is 0. The molecule has 0 bridgehead atoms. The van der Waals surface area contributed by atoms with Crippen LogP contribution < -0.4 is 5.32 Å². The molecular formula is C11H12F2N2O3. The SMILES string of the molecule is O=[N+]([O-])c1c(F)cc(F)cc1NCC1(O)CCC1. The van der Waals surface area contributed by atoms with Crippen molar-refractivity contribution in [2.45, 2.75) is 24.9 Å². The third kappa shape index (κ3) is 2.40. The highest BCUT2D eigenvalue weighted by atomic mass is 19.1. The van der Waals surface area contributed by atoms with Gasteiger partial charge in [0.2, 0.25) is 5.82 Å². The van der Waals surface area contributed by atoms with Crippen LogP contribution in [0.3, 0.4) is 0 Å². The lowest BCUT2D eigenvalue weighted by molar-refractivity contribution is -0.386. The van der Waals surface area contributed by atoms with Crippen molar-refractivity contribution >= 4 is 11.4 Å². The molecule has 98 valence electrons. The Bertz CT molecular complexity index is 489. The number of nitro groups is 1. The highest BCUT2D eigenvalue weighted by molar-refractivity contribution is 5.62.